The lowest BCUT2D eigenvalue weighted by Gasteiger charge is -2.28. The maximum absolute atomic E-state index is 12.4. The Morgan fingerprint density at radius 3 is 2.58 bits per heavy atom. The minimum atomic E-state index is -0.883. The van der Waals surface area contributed by atoms with Gasteiger partial charge in [-0.2, -0.15) is 11.8 Å². The molecular weight excluding hydrogens is 284 g/mol. The van der Waals surface area contributed by atoms with Crippen LogP contribution in [0.25, 0.3) is 0 Å². The number of carbonyl (C=O) groups is 2. The van der Waals surface area contributed by atoms with Crippen molar-refractivity contribution in [2.24, 2.45) is 5.92 Å². The molecule has 0 spiro atoms. The summed E-state index contributed by atoms with van der Waals surface area (Å²) in [6.45, 7) is 0. The first-order chi connectivity index (χ1) is 9.16. The number of amides is 2. The quantitative estimate of drug-likeness (QED) is 0.825. The van der Waals surface area contributed by atoms with E-state index in [9.17, 15) is 14.7 Å². The monoisotopic (exact) mass is 302 g/mol. The highest BCUT2D eigenvalue weighted by molar-refractivity contribution is 8.00. The van der Waals surface area contributed by atoms with Gasteiger partial charge in [0.25, 0.3) is 0 Å². The first-order valence-corrected chi connectivity index (χ1v) is 8.88. The van der Waals surface area contributed by atoms with Gasteiger partial charge in [-0.05, 0) is 30.9 Å². The van der Waals surface area contributed by atoms with Gasteiger partial charge in [-0.25, -0.2) is 9.59 Å². The molecule has 3 rings (SSSR count). The number of hydrogen-bond donors (Lipinski definition) is 2. The van der Waals surface area contributed by atoms with E-state index in [1.165, 1.54) is 0 Å². The van der Waals surface area contributed by atoms with Gasteiger partial charge in [0.2, 0.25) is 0 Å². The standard InChI is InChI=1S/C12H18N2O3S2/c15-11(16)9-6-19-10(7-1-2-7)14(9)12(17)13-8-3-4-18-5-8/h7-10H,1-6H2,(H,13,17)(H,15,16). The van der Waals surface area contributed by atoms with Gasteiger partial charge in [0.05, 0.1) is 5.37 Å². The molecule has 0 aromatic rings. The summed E-state index contributed by atoms with van der Waals surface area (Å²) in [5.74, 6) is 2.15. The zero-order valence-electron chi connectivity index (χ0n) is 10.6. The van der Waals surface area contributed by atoms with Gasteiger partial charge in [-0.15, -0.1) is 11.8 Å². The van der Waals surface area contributed by atoms with E-state index in [2.05, 4.69) is 5.32 Å². The lowest BCUT2D eigenvalue weighted by atomic mass is 10.2. The van der Waals surface area contributed by atoms with E-state index in [0.717, 1.165) is 30.8 Å². The number of aliphatic carboxylic acids is 1. The zero-order valence-corrected chi connectivity index (χ0v) is 12.2. The van der Waals surface area contributed by atoms with Crippen LogP contribution >= 0.6 is 23.5 Å². The summed E-state index contributed by atoms with van der Waals surface area (Å²) >= 11 is 3.46. The minimum absolute atomic E-state index is 0.0650. The van der Waals surface area contributed by atoms with Crippen molar-refractivity contribution in [1.82, 2.24) is 10.2 Å². The lowest BCUT2D eigenvalue weighted by Crippen LogP contribution is -2.53. The van der Waals surface area contributed by atoms with E-state index in [-0.39, 0.29) is 17.4 Å². The number of carbonyl (C=O) groups excluding carboxylic acids is 1. The zero-order chi connectivity index (χ0) is 13.4. The van der Waals surface area contributed by atoms with Crippen LogP contribution in [0.15, 0.2) is 0 Å². The van der Waals surface area contributed by atoms with Crippen LogP contribution in [0.2, 0.25) is 0 Å². The van der Waals surface area contributed by atoms with Gasteiger partial charge in [-0.3, -0.25) is 4.90 Å². The van der Waals surface area contributed by atoms with Gasteiger partial charge in [-0.1, -0.05) is 0 Å². The fourth-order valence-electron chi connectivity index (χ4n) is 2.62. The Kier molecular flexibility index (Phi) is 3.84. The Hall–Kier alpha value is -0.560. The van der Waals surface area contributed by atoms with Crippen molar-refractivity contribution in [2.75, 3.05) is 17.3 Å². The summed E-state index contributed by atoms with van der Waals surface area (Å²) < 4.78 is 0. The lowest BCUT2D eigenvalue weighted by molar-refractivity contribution is -0.141. The van der Waals surface area contributed by atoms with E-state index in [0.29, 0.717) is 11.7 Å². The molecule has 1 aliphatic carbocycles. The molecule has 5 nitrogen and oxygen atoms in total. The largest absolute Gasteiger partial charge is 0.480 e. The third-order valence-corrected chi connectivity index (χ3v) is 6.46. The Bertz CT molecular complexity index is 383. The van der Waals surface area contributed by atoms with Crippen molar-refractivity contribution >= 4 is 35.5 Å². The van der Waals surface area contributed by atoms with Gasteiger partial charge < -0.3 is 10.4 Å². The van der Waals surface area contributed by atoms with Crippen LogP contribution in [0.4, 0.5) is 4.79 Å². The number of nitrogens with zero attached hydrogens (tertiary/aromatic N) is 1. The molecule has 7 heteroatoms. The number of nitrogens with one attached hydrogen (secondary N) is 1. The number of carboxylic acid groups (broad SMARTS) is 1. The minimum Gasteiger partial charge on any atom is -0.480 e. The van der Waals surface area contributed by atoms with Crippen molar-refractivity contribution in [3.63, 3.8) is 0 Å². The van der Waals surface area contributed by atoms with Crippen molar-refractivity contribution in [3.05, 3.63) is 0 Å². The number of carboxylic acids is 1. The second-order valence-corrected chi connectivity index (χ2v) is 7.63. The van der Waals surface area contributed by atoms with E-state index in [1.54, 1.807) is 16.7 Å². The average molecular weight is 302 g/mol. The molecule has 2 aliphatic heterocycles. The molecule has 2 amide bonds. The summed E-state index contributed by atoms with van der Waals surface area (Å²) in [6.07, 6.45) is 3.23. The van der Waals surface area contributed by atoms with Crippen LogP contribution < -0.4 is 5.32 Å². The molecule has 3 unspecified atom stereocenters. The van der Waals surface area contributed by atoms with E-state index < -0.39 is 12.0 Å². The molecule has 0 bridgehead atoms. The molecule has 0 radical (unpaired) electrons. The normalized spacial score (nSPS) is 34.5. The van der Waals surface area contributed by atoms with Gasteiger partial charge in [0.15, 0.2) is 0 Å². The molecule has 3 aliphatic rings. The maximum atomic E-state index is 12.4. The van der Waals surface area contributed by atoms with Crippen molar-refractivity contribution in [3.8, 4) is 0 Å². The number of hydrogen-bond acceptors (Lipinski definition) is 4. The van der Waals surface area contributed by atoms with E-state index in [4.69, 9.17) is 0 Å². The summed E-state index contributed by atoms with van der Waals surface area (Å²) in [5.41, 5.74) is 0. The first-order valence-electron chi connectivity index (χ1n) is 6.68. The molecule has 19 heavy (non-hydrogen) atoms. The number of thioether (sulfide) groups is 2. The molecule has 3 fully saturated rings. The molecule has 106 valence electrons. The second kappa shape index (κ2) is 5.44. The van der Waals surface area contributed by atoms with Crippen LogP contribution in [0.1, 0.15) is 19.3 Å². The molecule has 3 atom stereocenters. The molecule has 0 aromatic heterocycles. The van der Waals surface area contributed by atoms with Crippen LogP contribution in [-0.4, -0.2) is 56.7 Å². The van der Waals surface area contributed by atoms with Crippen LogP contribution in [0.3, 0.4) is 0 Å². The molecule has 0 aromatic carbocycles. The number of urea groups is 1. The first kappa shape index (κ1) is 13.4. The van der Waals surface area contributed by atoms with Crippen molar-refractivity contribution < 1.29 is 14.7 Å². The predicted molar refractivity (Wildman–Crippen MR) is 76.5 cm³/mol. The summed E-state index contributed by atoms with van der Waals surface area (Å²) in [4.78, 5) is 25.3. The van der Waals surface area contributed by atoms with Gasteiger partial charge >= 0.3 is 12.0 Å². The van der Waals surface area contributed by atoms with Crippen LogP contribution in [-0.2, 0) is 4.79 Å². The fourth-order valence-corrected chi connectivity index (χ4v) is 5.40. The highest BCUT2D eigenvalue weighted by Gasteiger charge is 2.48. The average Bonchev–Trinajstić information content (AvgIpc) is 2.91. The maximum Gasteiger partial charge on any atom is 0.327 e. The molecular formula is C12H18N2O3S2. The third-order valence-electron chi connectivity index (χ3n) is 3.84. The summed E-state index contributed by atoms with van der Waals surface area (Å²) in [7, 11) is 0. The molecule has 2 N–H and O–H groups in total. The summed E-state index contributed by atoms with van der Waals surface area (Å²) in [5, 5.41) is 12.3. The summed E-state index contributed by atoms with van der Waals surface area (Å²) in [6, 6.07) is -0.635. The SMILES string of the molecule is O=C(O)C1CSC(C2CC2)N1C(=O)NC1CCSC1. The Morgan fingerprint density at radius 1 is 1.21 bits per heavy atom. The highest BCUT2D eigenvalue weighted by atomic mass is 32.2. The molecule has 1 saturated carbocycles. The Labute approximate surface area is 120 Å². The third kappa shape index (κ3) is 2.81. The molecule has 2 heterocycles. The van der Waals surface area contributed by atoms with Crippen molar-refractivity contribution in [2.45, 2.75) is 36.7 Å². The smallest absolute Gasteiger partial charge is 0.327 e. The van der Waals surface area contributed by atoms with Crippen molar-refractivity contribution in [1.29, 1.82) is 0 Å². The van der Waals surface area contributed by atoms with Crippen LogP contribution in [0, 0.1) is 5.92 Å². The van der Waals surface area contributed by atoms with Gasteiger partial charge in [0, 0.05) is 17.5 Å². The van der Waals surface area contributed by atoms with E-state index >= 15 is 0 Å². The fraction of sp³-hybridized carbons (Fsp3) is 0.833. The second-order valence-electron chi connectivity index (χ2n) is 5.33. The van der Waals surface area contributed by atoms with Gasteiger partial charge in [0.1, 0.15) is 6.04 Å². The van der Waals surface area contributed by atoms with E-state index in [1.807, 2.05) is 11.8 Å². The highest BCUT2D eigenvalue weighted by Crippen LogP contribution is 2.45. The Morgan fingerprint density at radius 2 is 2.00 bits per heavy atom. The Balaban J connectivity index is 1.69. The van der Waals surface area contributed by atoms with Crippen LogP contribution in [0.5, 0.6) is 0 Å². The number of rotatable bonds is 3. The molecule has 2 saturated heterocycles. The predicted octanol–water partition coefficient (Wildman–Crippen LogP) is 1.44. The topological polar surface area (TPSA) is 69.6 Å².